The third kappa shape index (κ3) is 5.89. The van der Waals surface area contributed by atoms with Crippen molar-refractivity contribution in [3.05, 3.63) is 71.3 Å². The number of benzene rings is 1. The first kappa shape index (κ1) is 24.9. The van der Waals surface area contributed by atoms with Gasteiger partial charge in [-0.3, -0.25) is 14.7 Å². The number of likely N-dealkylation sites (tertiary alicyclic amines) is 1. The summed E-state index contributed by atoms with van der Waals surface area (Å²) in [7, 11) is 1.54. The molecule has 1 aromatic rings. The monoisotopic (exact) mass is 478 g/mol. The Morgan fingerprint density at radius 1 is 1.29 bits per heavy atom. The minimum Gasteiger partial charge on any atom is -0.384 e. The summed E-state index contributed by atoms with van der Waals surface area (Å²) in [5.41, 5.74) is 8.95. The van der Waals surface area contributed by atoms with Gasteiger partial charge in [0, 0.05) is 13.7 Å². The number of β-lactam (4-membered cyclic amide) rings is 1. The second kappa shape index (κ2) is 11.5. The average molecular weight is 479 g/mol. The number of amidine groups is 1. The number of imide groups is 1. The van der Waals surface area contributed by atoms with Crippen LogP contribution < -0.4 is 11.1 Å². The van der Waals surface area contributed by atoms with E-state index in [-0.39, 0.29) is 11.9 Å². The number of hydrogen-bond donors (Lipinski definition) is 2. The lowest BCUT2D eigenvalue weighted by Crippen LogP contribution is -2.69. The van der Waals surface area contributed by atoms with Crippen LogP contribution in [0.2, 0.25) is 0 Å². The van der Waals surface area contributed by atoms with Crippen LogP contribution in [0.5, 0.6) is 0 Å². The van der Waals surface area contributed by atoms with Gasteiger partial charge in [-0.05, 0) is 49.8 Å². The molecule has 1 aliphatic carbocycles. The Morgan fingerprint density at radius 2 is 2.09 bits per heavy atom. The van der Waals surface area contributed by atoms with Gasteiger partial charge in [0.25, 0.3) is 0 Å². The van der Waals surface area contributed by atoms with Gasteiger partial charge in [0.2, 0.25) is 5.91 Å². The number of hydrogen-bond acceptors (Lipinski definition) is 6. The molecule has 1 saturated heterocycles. The van der Waals surface area contributed by atoms with Crippen molar-refractivity contribution in [1.82, 2.24) is 10.2 Å². The molecule has 2 heterocycles. The molecule has 8 nitrogen and oxygen atoms in total. The minimum absolute atomic E-state index is 0.239. The van der Waals surface area contributed by atoms with E-state index < -0.39 is 24.3 Å². The predicted molar refractivity (Wildman–Crippen MR) is 135 cm³/mol. The van der Waals surface area contributed by atoms with Crippen LogP contribution in [-0.2, 0) is 14.3 Å². The summed E-state index contributed by atoms with van der Waals surface area (Å²) in [4.78, 5) is 32.0. The number of allylic oxidation sites excluding steroid dienone is 2. The van der Waals surface area contributed by atoms with Gasteiger partial charge in [-0.15, -0.1) is 0 Å². The molecule has 0 radical (unpaired) electrons. The molecule has 3 aliphatic rings. The van der Waals surface area contributed by atoms with E-state index in [0.717, 1.165) is 36.0 Å². The molecule has 3 amide bonds. The van der Waals surface area contributed by atoms with Crippen LogP contribution in [0, 0.1) is 5.92 Å². The summed E-state index contributed by atoms with van der Waals surface area (Å²) in [5, 5.41) is 2.95. The highest BCUT2D eigenvalue weighted by molar-refractivity contribution is 6.02. The minimum atomic E-state index is -0.748. The lowest BCUT2D eigenvalue weighted by molar-refractivity contribution is -0.198. The van der Waals surface area contributed by atoms with Crippen molar-refractivity contribution in [1.29, 1.82) is 0 Å². The van der Waals surface area contributed by atoms with E-state index in [4.69, 9.17) is 15.2 Å². The summed E-state index contributed by atoms with van der Waals surface area (Å²) >= 11 is 0. The summed E-state index contributed by atoms with van der Waals surface area (Å²) in [6.07, 6.45) is 10.6. The van der Waals surface area contributed by atoms with Crippen molar-refractivity contribution < 1.29 is 19.1 Å². The average Bonchev–Trinajstić information content (AvgIpc) is 2.88. The predicted octanol–water partition coefficient (Wildman–Crippen LogP) is 3.63. The molecule has 1 aromatic carbocycles. The fourth-order valence-corrected chi connectivity index (χ4v) is 4.76. The summed E-state index contributed by atoms with van der Waals surface area (Å²) in [5.74, 6) is -0.209. The van der Waals surface area contributed by atoms with E-state index in [1.54, 1.807) is 7.11 Å². The zero-order valence-corrected chi connectivity index (χ0v) is 20.4. The lowest BCUT2D eigenvalue weighted by Gasteiger charge is -2.48. The van der Waals surface area contributed by atoms with E-state index in [9.17, 15) is 9.59 Å². The number of amides is 3. The Hall–Kier alpha value is -3.23. The number of carbonyl (C=O) groups is 2. The van der Waals surface area contributed by atoms with Gasteiger partial charge in [0.05, 0.1) is 18.6 Å². The highest BCUT2D eigenvalue weighted by atomic mass is 16.7. The smallest absolute Gasteiger partial charge is 0.325 e. The lowest BCUT2D eigenvalue weighted by atomic mass is 9.80. The van der Waals surface area contributed by atoms with Crippen LogP contribution in [0.4, 0.5) is 4.79 Å². The molecule has 0 spiro atoms. The largest absolute Gasteiger partial charge is 0.384 e. The van der Waals surface area contributed by atoms with Crippen LogP contribution in [0.25, 0.3) is 0 Å². The third-order valence-electron chi connectivity index (χ3n) is 6.68. The molecule has 0 aromatic heterocycles. The number of dihydropyridines is 1. The molecule has 1 unspecified atom stereocenters. The second-order valence-electron chi connectivity index (χ2n) is 9.12. The Labute approximate surface area is 206 Å². The number of nitrogens with two attached hydrogens (primary N) is 1. The summed E-state index contributed by atoms with van der Waals surface area (Å²) < 4.78 is 11.8. The first-order valence-corrected chi connectivity index (χ1v) is 12.2. The van der Waals surface area contributed by atoms with Crippen LogP contribution in [0.1, 0.15) is 44.2 Å². The highest BCUT2D eigenvalue weighted by Crippen LogP contribution is 2.37. The first-order valence-electron chi connectivity index (χ1n) is 12.2. The normalized spacial score (nSPS) is 23.5. The maximum Gasteiger partial charge on any atom is 0.325 e. The molecule has 4 rings (SSSR count). The maximum atomic E-state index is 13.3. The van der Waals surface area contributed by atoms with Crippen LogP contribution in [0.15, 0.2) is 70.8 Å². The summed E-state index contributed by atoms with van der Waals surface area (Å²) in [6, 6.07) is 8.38. The van der Waals surface area contributed by atoms with Gasteiger partial charge >= 0.3 is 6.03 Å². The van der Waals surface area contributed by atoms with Crippen molar-refractivity contribution >= 4 is 17.8 Å². The van der Waals surface area contributed by atoms with Gasteiger partial charge in [0.1, 0.15) is 11.9 Å². The van der Waals surface area contributed by atoms with Gasteiger partial charge in [-0.1, -0.05) is 54.1 Å². The van der Waals surface area contributed by atoms with E-state index in [1.165, 1.54) is 4.90 Å². The van der Waals surface area contributed by atoms with Crippen molar-refractivity contribution in [3.8, 4) is 0 Å². The van der Waals surface area contributed by atoms with Crippen LogP contribution >= 0.6 is 0 Å². The SMILES string of the molecule is COC(OCC1=CCCC=C1)[C@@H]1[C@@H](CC2=CC(N)=NCC2)C(=O)N1C(=O)N[C@H](C)c1ccccc1. The van der Waals surface area contributed by atoms with Crippen molar-refractivity contribution in [2.75, 3.05) is 20.3 Å². The van der Waals surface area contributed by atoms with E-state index in [2.05, 4.69) is 22.5 Å². The molecule has 0 saturated carbocycles. The maximum absolute atomic E-state index is 13.3. The number of methoxy groups -OCH3 is 1. The van der Waals surface area contributed by atoms with Gasteiger partial charge in [0.15, 0.2) is 6.29 Å². The van der Waals surface area contributed by atoms with Gasteiger partial charge in [-0.25, -0.2) is 4.79 Å². The topological polar surface area (TPSA) is 106 Å². The fourth-order valence-electron chi connectivity index (χ4n) is 4.76. The van der Waals surface area contributed by atoms with E-state index in [0.29, 0.717) is 25.4 Å². The number of nitrogens with one attached hydrogen (secondary N) is 1. The second-order valence-corrected chi connectivity index (χ2v) is 9.12. The molecule has 186 valence electrons. The molecular formula is C27H34N4O4. The molecule has 35 heavy (non-hydrogen) atoms. The zero-order valence-electron chi connectivity index (χ0n) is 20.4. The molecule has 4 atom stereocenters. The Bertz CT molecular complexity index is 1050. The summed E-state index contributed by atoms with van der Waals surface area (Å²) in [6.45, 7) is 2.85. The molecular weight excluding hydrogens is 444 g/mol. The number of urea groups is 1. The molecule has 3 N–H and O–H groups in total. The van der Waals surface area contributed by atoms with Crippen molar-refractivity contribution in [2.45, 2.75) is 51.0 Å². The number of rotatable bonds is 9. The Morgan fingerprint density at radius 3 is 2.77 bits per heavy atom. The quantitative estimate of drug-likeness (QED) is 0.416. The van der Waals surface area contributed by atoms with Crippen LogP contribution in [-0.4, -0.2) is 55.3 Å². The van der Waals surface area contributed by atoms with E-state index in [1.807, 2.05) is 49.4 Å². The van der Waals surface area contributed by atoms with Gasteiger partial charge in [-0.2, -0.15) is 0 Å². The molecule has 1 fully saturated rings. The number of carbonyl (C=O) groups excluding carboxylic acids is 2. The Kier molecular flexibility index (Phi) is 8.15. The van der Waals surface area contributed by atoms with Crippen molar-refractivity contribution in [2.24, 2.45) is 16.6 Å². The fraction of sp³-hybridized carbons (Fsp3) is 0.444. The van der Waals surface area contributed by atoms with E-state index >= 15 is 0 Å². The molecule has 8 heteroatoms. The van der Waals surface area contributed by atoms with Crippen molar-refractivity contribution in [3.63, 3.8) is 0 Å². The standard InChI is InChI=1S/C27H34N4O4/c1-18(21-11-7-4-8-12-21)30-27(33)31-24(26(34-2)35-17-19-9-5-3-6-10-19)22(25(31)32)15-20-13-14-29-23(28)16-20/h4-5,7-12,16,18,22,24,26H,3,6,13-15,17H2,1-2H3,(H2,28,29)(H,30,33)/t18-,22-,24+,26?/m1/s1. The number of ether oxygens (including phenoxy) is 2. The highest BCUT2D eigenvalue weighted by Gasteiger charge is 2.55. The zero-order chi connectivity index (χ0) is 24.8. The first-order chi connectivity index (χ1) is 17.0. The number of aliphatic imine (C=N–C) groups is 1. The Balaban J connectivity index is 1.51. The van der Waals surface area contributed by atoms with Gasteiger partial charge < -0.3 is 20.5 Å². The third-order valence-corrected chi connectivity index (χ3v) is 6.68. The van der Waals surface area contributed by atoms with Crippen LogP contribution in [0.3, 0.4) is 0 Å². The molecule has 2 aliphatic heterocycles. The molecule has 0 bridgehead atoms. The number of nitrogens with zero attached hydrogens (tertiary/aromatic N) is 2.